The molecule has 1 N–H and O–H groups in total. The molecule has 4 heteroatoms. The van der Waals surface area contributed by atoms with E-state index in [0.717, 1.165) is 29.2 Å². The number of anilines is 1. The standard InChI is InChI=1S/C22H20N4/c1-23-22-14-17(10-12-24-22)16-26-13-11-21(25-26)20-9-5-8-19(15-20)18-6-3-2-4-7-18/h2-15H,16H2,1H3,(H,23,24). The first kappa shape index (κ1) is 16.1. The van der Waals surface area contributed by atoms with Crippen molar-refractivity contribution >= 4 is 5.82 Å². The molecule has 0 aliphatic heterocycles. The summed E-state index contributed by atoms with van der Waals surface area (Å²) in [4.78, 5) is 4.25. The third-order valence-corrected chi connectivity index (χ3v) is 4.33. The lowest BCUT2D eigenvalue weighted by atomic mass is 10.0. The molecule has 4 nitrogen and oxygen atoms in total. The zero-order valence-electron chi connectivity index (χ0n) is 14.6. The van der Waals surface area contributed by atoms with Crippen LogP contribution in [-0.4, -0.2) is 21.8 Å². The molecule has 0 bridgehead atoms. The maximum absolute atomic E-state index is 4.74. The molecule has 26 heavy (non-hydrogen) atoms. The third kappa shape index (κ3) is 3.49. The van der Waals surface area contributed by atoms with Crippen LogP contribution in [0.3, 0.4) is 0 Å². The molecule has 0 spiro atoms. The predicted molar refractivity (Wildman–Crippen MR) is 106 cm³/mol. The van der Waals surface area contributed by atoms with E-state index in [4.69, 9.17) is 5.10 Å². The molecule has 0 unspecified atom stereocenters. The van der Waals surface area contributed by atoms with Crippen LogP contribution in [0, 0.1) is 0 Å². The number of nitrogens with one attached hydrogen (secondary N) is 1. The van der Waals surface area contributed by atoms with Gasteiger partial charge in [-0.2, -0.15) is 5.10 Å². The molecule has 0 atom stereocenters. The molecule has 0 saturated heterocycles. The Bertz CT molecular complexity index is 1010. The van der Waals surface area contributed by atoms with E-state index in [-0.39, 0.29) is 0 Å². The van der Waals surface area contributed by atoms with Crippen LogP contribution in [-0.2, 0) is 6.54 Å². The molecule has 2 aromatic carbocycles. The van der Waals surface area contributed by atoms with E-state index in [1.165, 1.54) is 11.1 Å². The number of nitrogens with zero attached hydrogens (tertiary/aromatic N) is 3. The lowest BCUT2D eigenvalue weighted by Gasteiger charge is -2.05. The second-order valence-corrected chi connectivity index (χ2v) is 6.14. The highest BCUT2D eigenvalue weighted by atomic mass is 15.3. The minimum atomic E-state index is 0.718. The van der Waals surface area contributed by atoms with Crippen molar-refractivity contribution in [3.05, 3.63) is 90.8 Å². The van der Waals surface area contributed by atoms with Gasteiger partial charge in [0.15, 0.2) is 0 Å². The van der Waals surface area contributed by atoms with Crippen molar-refractivity contribution in [2.75, 3.05) is 12.4 Å². The van der Waals surface area contributed by atoms with Gasteiger partial charge in [0.25, 0.3) is 0 Å². The van der Waals surface area contributed by atoms with Crippen LogP contribution < -0.4 is 5.32 Å². The number of benzene rings is 2. The summed E-state index contributed by atoms with van der Waals surface area (Å²) >= 11 is 0. The molecule has 0 aliphatic rings. The van der Waals surface area contributed by atoms with E-state index in [1.807, 2.05) is 42.3 Å². The molecule has 0 amide bonds. The van der Waals surface area contributed by atoms with Crippen molar-refractivity contribution in [3.63, 3.8) is 0 Å². The van der Waals surface area contributed by atoms with Crippen LogP contribution in [0.15, 0.2) is 85.2 Å². The Morgan fingerprint density at radius 2 is 1.65 bits per heavy atom. The monoisotopic (exact) mass is 340 g/mol. The normalized spacial score (nSPS) is 10.7. The van der Waals surface area contributed by atoms with Gasteiger partial charge >= 0.3 is 0 Å². The smallest absolute Gasteiger partial charge is 0.125 e. The molecule has 0 saturated carbocycles. The fraction of sp³-hybridized carbons (Fsp3) is 0.0909. The number of hydrogen-bond donors (Lipinski definition) is 1. The summed E-state index contributed by atoms with van der Waals surface area (Å²) in [5.41, 5.74) is 5.68. The Labute approximate surface area is 153 Å². The van der Waals surface area contributed by atoms with Crippen molar-refractivity contribution in [1.82, 2.24) is 14.8 Å². The van der Waals surface area contributed by atoms with Gasteiger partial charge in [0, 0.05) is 25.0 Å². The fourth-order valence-electron chi connectivity index (χ4n) is 2.99. The van der Waals surface area contributed by atoms with E-state index in [1.54, 1.807) is 0 Å². The summed E-state index contributed by atoms with van der Waals surface area (Å²) in [7, 11) is 1.87. The maximum Gasteiger partial charge on any atom is 0.125 e. The molecular formula is C22H20N4. The molecule has 4 aromatic rings. The second-order valence-electron chi connectivity index (χ2n) is 6.14. The average molecular weight is 340 g/mol. The Hall–Kier alpha value is -3.40. The molecule has 0 aliphatic carbocycles. The highest BCUT2D eigenvalue weighted by molar-refractivity contribution is 5.71. The Morgan fingerprint density at radius 3 is 2.50 bits per heavy atom. The van der Waals surface area contributed by atoms with Gasteiger partial charge in [-0.3, -0.25) is 4.68 Å². The summed E-state index contributed by atoms with van der Waals surface area (Å²) in [5, 5.41) is 7.81. The molecule has 2 aromatic heterocycles. The van der Waals surface area contributed by atoms with Crippen LogP contribution in [0.1, 0.15) is 5.56 Å². The molecular weight excluding hydrogens is 320 g/mol. The van der Waals surface area contributed by atoms with Gasteiger partial charge < -0.3 is 5.32 Å². The molecule has 2 heterocycles. The van der Waals surface area contributed by atoms with Gasteiger partial charge in [0.1, 0.15) is 5.82 Å². The Morgan fingerprint density at radius 1 is 0.846 bits per heavy atom. The SMILES string of the molecule is CNc1cc(Cn2ccc(-c3cccc(-c4ccccc4)c3)n2)ccn1. The molecule has 128 valence electrons. The van der Waals surface area contributed by atoms with Gasteiger partial charge in [-0.25, -0.2) is 4.98 Å². The topological polar surface area (TPSA) is 42.7 Å². The van der Waals surface area contributed by atoms with Crippen molar-refractivity contribution < 1.29 is 0 Å². The van der Waals surface area contributed by atoms with Crippen LogP contribution in [0.5, 0.6) is 0 Å². The van der Waals surface area contributed by atoms with Gasteiger partial charge in [-0.1, -0.05) is 48.5 Å². The fourth-order valence-corrected chi connectivity index (χ4v) is 2.99. The zero-order valence-corrected chi connectivity index (χ0v) is 14.6. The summed E-state index contributed by atoms with van der Waals surface area (Å²) in [5.74, 6) is 0.866. The number of aromatic nitrogens is 3. The third-order valence-electron chi connectivity index (χ3n) is 4.33. The number of rotatable bonds is 5. The molecule has 4 rings (SSSR count). The second kappa shape index (κ2) is 7.23. The minimum absolute atomic E-state index is 0.718. The van der Waals surface area contributed by atoms with E-state index >= 15 is 0 Å². The predicted octanol–water partition coefficient (Wildman–Crippen LogP) is 4.70. The lowest BCUT2D eigenvalue weighted by Crippen LogP contribution is -2.02. The van der Waals surface area contributed by atoms with E-state index < -0.39 is 0 Å². The van der Waals surface area contributed by atoms with Gasteiger partial charge in [0.2, 0.25) is 0 Å². The van der Waals surface area contributed by atoms with Gasteiger partial charge in [-0.05, 0) is 41.0 Å². The van der Waals surface area contributed by atoms with Crippen LogP contribution in [0.2, 0.25) is 0 Å². The summed E-state index contributed by atoms with van der Waals surface area (Å²) in [6.07, 6.45) is 3.83. The number of hydrogen-bond acceptors (Lipinski definition) is 3. The van der Waals surface area contributed by atoms with E-state index in [0.29, 0.717) is 0 Å². The number of pyridine rings is 1. The van der Waals surface area contributed by atoms with Gasteiger partial charge in [0.05, 0.1) is 12.2 Å². The molecule has 0 radical (unpaired) electrons. The minimum Gasteiger partial charge on any atom is -0.373 e. The zero-order chi connectivity index (χ0) is 17.8. The van der Waals surface area contributed by atoms with Crippen LogP contribution in [0.25, 0.3) is 22.4 Å². The van der Waals surface area contributed by atoms with Crippen molar-refractivity contribution in [2.45, 2.75) is 6.54 Å². The van der Waals surface area contributed by atoms with Crippen molar-refractivity contribution in [2.24, 2.45) is 0 Å². The highest BCUT2D eigenvalue weighted by Gasteiger charge is 2.06. The first-order valence-corrected chi connectivity index (χ1v) is 8.64. The molecule has 0 fully saturated rings. The summed E-state index contributed by atoms with van der Waals surface area (Å²) in [6, 6.07) is 25.0. The first-order valence-electron chi connectivity index (χ1n) is 8.64. The van der Waals surface area contributed by atoms with Crippen LogP contribution in [0.4, 0.5) is 5.82 Å². The van der Waals surface area contributed by atoms with E-state index in [9.17, 15) is 0 Å². The highest BCUT2D eigenvalue weighted by Crippen LogP contribution is 2.25. The Kier molecular flexibility index (Phi) is 4.48. The van der Waals surface area contributed by atoms with Gasteiger partial charge in [-0.15, -0.1) is 0 Å². The summed E-state index contributed by atoms with van der Waals surface area (Å²) in [6.45, 7) is 0.718. The Balaban J connectivity index is 1.58. The van der Waals surface area contributed by atoms with Crippen molar-refractivity contribution in [1.29, 1.82) is 0 Å². The van der Waals surface area contributed by atoms with Crippen molar-refractivity contribution in [3.8, 4) is 22.4 Å². The maximum atomic E-state index is 4.74. The lowest BCUT2D eigenvalue weighted by molar-refractivity contribution is 0.689. The first-order chi connectivity index (χ1) is 12.8. The average Bonchev–Trinajstić information content (AvgIpc) is 3.17. The largest absolute Gasteiger partial charge is 0.373 e. The van der Waals surface area contributed by atoms with Crippen LogP contribution >= 0.6 is 0 Å². The quantitative estimate of drug-likeness (QED) is 0.572. The van der Waals surface area contributed by atoms with E-state index in [2.05, 4.69) is 64.9 Å². The summed E-state index contributed by atoms with van der Waals surface area (Å²) < 4.78 is 1.96.